The molecule has 7 heteroatoms. The minimum absolute atomic E-state index is 0.384. The third-order valence-electron chi connectivity index (χ3n) is 11.1. The third-order valence-corrected chi connectivity index (χ3v) is 11.1. The molecule has 2 fully saturated rings. The summed E-state index contributed by atoms with van der Waals surface area (Å²) in [6.45, 7) is 21.3. The second kappa shape index (κ2) is 15.1. The van der Waals surface area contributed by atoms with Crippen LogP contribution < -0.4 is 10.9 Å². The minimum Gasteiger partial charge on any atom is -0.534 e. The van der Waals surface area contributed by atoms with Crippen LogP contribution in [0.2, 0.25) is 0 Å². The molecule has 0 unspecified atom stereocenters. The highest BCUT2D eigenvalue weighted by Gasteiger charge is 2.52. The van der Waals surface area contributed by atoms with Gasteiger partial charge in [0.05, 0.1) is 17.0 Å². The molecule has 5 nitrogen and oxygen atoms in total. The Labute approximate surface area is 286 Å². The molecular formula is C40H61B2NO4. The summed E-state index contributed by atoms with van der Waals surface area (Å²) in [4.78, 5) is 0. The molecule has 47 heavy (non-hydrogen) atoms. The van der Waals surface area contributed by atoms with Gasteiger partial charge in [-0.05, 0) is 77.4 Å². The molecule has 0 N–H and O–H groups in total. The number of benzene rings is 2. The van der Waals surface area contributed by atoms with Gasteiger partial charge in [-0.25, -0.2) is 0 Å². The van der Waals surface area contributed by atoms with E-state index < -0.39 is 19.8 Å². The van der Waals surface area contributed by atoms with E-state index in [2.05, 4.69) is 89.1 Å². The average Bonchev–Trinajstić information content (AvgIpc) is 3.58. The molecule has 2 aliphatic heterocycles. The highest BCUT2D eigenvalue weighted by molar-refractivity contribution is 6.63. The van der Waals surface area contributed by atoms with Crippen molar-refractivity contribution in [2.24, 2.45) is 0 Å². The van der Waals surface area contributed by atoms with Crippen molar-refractivity contribution >= 4 is 47.0 Å². The Bertz CT molecular complexity index is 1480. The van der Waals surface area contributed by atoms with Crippen LogP contribution in [0.5, 0.6) is 0 Å². The number of aromatic nitrogens is 1. The Morgan fingerprint density at radius 2 is 1.06 bits per heavy atom. The second-order valence-corrected chi connectivity index (χ2v) is 15.8. The van der Waals surface area contributed by atoms with Crippen molar-refractivity contribution in [2.45, 2.75) is 168 Å². The Morgan fingerprint density at radius 3 is 1.51 bits per heavy atom. The molecule has 0 saturated carbocycles. The number of unbranched alkanes of at least 4 members (excludes halogenated alkanes) is 10. The molecule has 2 aromatic carbocycles. The molecule has 0 aliphatic carbocycles. The SMILES string of the molecule is C=C1OB(c2ccc3c4ccc(B5OC(C)(C)C(C)(C)O5)cc4n(C(CCCCCCCC)CCCCCCCC)c3c2)OC1(C)C. The number of hydrogen-bond acceptors (Lipinski definition) is 4. The van der Waals surface area contributed by atoms with E-state index in [1.54, 1.807) is 0 Å². The fourth-order valence-electron chi connectivity index (χ4n) is 7.23. The van der Waals surface area contributed by atoms with Gasteiger partial charge in [0.1, 0.15) is 5.60 Å². The largest absolute Gasteiger partial charge is 0.563 e. The average molecular weight is 642 g/mol. The van der Waals surface area contributed by atoms with Gasteiger partial charge < -0.3 is 23.2 Å². The third kappa shape index (κ3) is 8.00. The predicted octanol–water partition coefficient (Wildman–Crippen LogP) is 10.2. The van der Waals surface area contributed by atoms with E-state index in [9.17, 15) is 0 Å². The van der Waals surface area contributed by atoms with Crippen LogP contribution in [0.1, 0.15) is 151 Å². The van der Waals surface area contributed by atoms with Gasteiger partial charge in [-0.2, -0.15) is 0 Å². The summed E-state index contributed by atoms with van der Waals surface area (Å²) in [5.74, 6) is 0.680. The minimum atomic E-state index is -0.512. The first kappa shape index (κ1) is 36.1. The van der Waals surface area contributed by atoms with Crippen molar-refractivity contribution in [3.63, 3.8) is 0 Å². The van der Waals surface area contributed by atoms with Gasteiger partial charge in [0.15, 0.2) is 0 Å². The zero-order valence-corrected chi connectivity index (χ0v) is 30.9. The highest BCUT2D eigenvalue weighted by atomic mass is 16.7. The number of rotatable bonds is 17. The van der Waals surface area contributed by atoms with Crippen LogP contribution in [0, 0.1) is 0 Å². The van der Waals surface area contributed by atoms with Crippen LogP contribution in [0.15, 0.2) is 48.7 Å². The lowest BCUT2D eigenvalue weighted by Crippen LogP contribution is -2.41. The topological polar surface area (TPSA) is 41.9 Å². The molecule has 0 amide bonds. The summed E-state index contributed by atoms with van der Waals surface area (Å²) < 4.78 is 28.3. The van der Waals surface area contributed by atoms with Crippen molar-refractivity contribution < 1.29 is 18.6 Å². The molecule has 0 radical (unpaired) electrons. The summed E-state index contributed by atoms with van der Waals surface area (Å²) in [5, 5.41) is 2.55. The van der Waals surface area contributed by atoms with E-state index >= 15 is 0 Å². The van der Waals surface area contributed by atoms with Crippen LogP contribution >= 0.6 is 0 Å². The molecule has 0 bridgehead atoms. The van der Waals surface area contributed by atoms with Crippen molar-refractivity contribution in [2.75, 3.05) is 0 Å². The first-order chi connectivity index (χ1) is 22.4. The van der Waals surface area contributed by atoms with E-state index in [4.69, 9.17) is 18.6 Å². The maximum Gasteiger partial charge on any atom is 0.563 e. The normalized spacial score (nSPS) is 18.7. The fraction of sp³-hybridized carbons (Fsp3) is 0.650. The van der Waals surface area contributed by atoms with Crippen molar-refractivity contribution in [3.8, 4) is 0 Å². The molecule has 3 aromatic rings. The maximum absolute atomic E-state index is 6.54. The fourth-order valence-corrected chi connectivity index (χ4v) is 7.23. The van der Waals surface area contributed by atoms with Crippen LogP contribution in [0.3, 0.4) is 0 Å². The highest BCUT2D eigenvalue weighted by Crippen LogP contribution is 2.39. The molecule has 2 aliphatic rings. The van der Waals surface area contributed by atoms with Crippen LogP contribution in [0.25, 0.3) is 21.8 Å². The lowest BCUT2D eigenvalue weighted by molar-refractivity contribution is 0.00578. The second-order valence-electron chi connectivity index (χ2n) is 15.8. The van der Waals surface area contributed by atoms with Crippen molar-refractivity contribution in [3.05, 3.63) is 48.7 Å². The van der Waals surface area contributed by atoms with Gasteiger partial charge in [-0.3, -0.25) is 0 Å². The molecule has 3 heterocycles. The van der Waals surface area contributed by atoms with Crippen molar-refractivity contribution in [1.82, 2.24) is 4.57 Å². The lowest BCUT2D eigenvalue weighted by atomic mass is 9.78. The Kier molecular flexibility index (Phi) is 11.6. The van der Waals surface area contributed by atoms with Crippen LogP contribution in [0.4, 0.5) is 0 Å². The molecule has 256 valence electrons. The summed E-state index contributed by atoms with van der Waals surface area (Å²) in [6, 6.07) is 14.0. The van der Waals surface area contributed by atoms with Crippen LogP contribution in [-0.4, -0.2) is 35.6 Å². The molecular weight excluding hydrogens is 580 g/mol. The Hall–Kier alpha value is -2.21. The molecule has 0 atom stereocenters. The van der Waals surface area contributed by atoms with E-state index in [0.717, 1.165) is 10.9 Å². The molecule has 0 spiro atoms. The van der Waals surface area contributed by atoms with E-state index in [0.29, 0.717) is 11.8 Å². The van der Waals surface area contributed by atoms with Crippen molar-refractivity contribution in [1.29, 1.82) is 0 Å². The summed E-state index contributed by atoms with van der Waals surface area (Å²) in [5.41, 5.74) is 3.37. The van der Waals surface area contributed by atoms with E-state index in [1.807, 2.05) is 13.8 Å². The predicted molar refractivity (Wildman–Crippen MR) is 201 cm³/mol. The monoisotopic (exact) mass is 641 g/mol. The zero-order valence-electron chi connectivity index (χ0n) is 30.9. The summed E-state index contributed by atoms with van der Waals surface area (Å²) in [6.07, 6.45) is 18.1. The summed E-state index contributed by atoms with van der Waals surface area (Å²) >= 11 is 0. The molecule has 1 aromatic heterocycles. The van der Waals surface area contributed by atoms with Gasteiger partial charge in [-0.1, -0.05) is 122 Å². The number of nitrogens with zero attached hydrogens (tertiary/aromatic N) is 1. The number of hydrogen-bond donors (Lipinski definition) is 0. The first-order valence-electron chi connectivity index (χ1n) is 18.9. The molecule has 2 saturated heterocycles. The zero-order chi connectivity index (χ0) is 33.8. The van der Waals surface area contributed by atoms with Gasteiger partial charge in [0.2, 0.25) is 0 Å². The molecule has 5 rings (SSSR count). The summed E-state index contributed by atoms with van der Waals surface area (Å²) in [7, 11) is -0.847. The Balaban J connectivity index is 1.55. The van der Waals surface area contributed by atoms with Crippen LogP contribution in [-0.2, 0) is 18.6 Å². The maximum atomic E-state index is 6.54. The smallest absolute Gasteiger partial charge is 0.534 e. The van der Waals surface area contributed by atoms with Gasteiger partial charge in [-0.15, -0.1) is 0 Å². The quantitative estimate of drug-likeness (QED) is 0.109. The van der Waals surface area contributed by atoms with E-state index in [-0.39, 0.29) is 11.2 Å². The number of fused-ring (bicyclic) bond motifs is 3. The lowest BCUT2D eigenvalue weighted by Gasteiger charge is -2.32. The Morgan fingerprint density at radius 1 is 0.617 bits per heavy atom. The van der Waals surface area contributed by atoms with Gasteiger partial charge in [0, 0.05) is 27.8 Å². The van der Waals surface area contributed by atoms with Gasteiger partial charge in [0.25, 0.3) is 0 Å². The standard InChI is InChI=1S/C40H61B2NO4/c1-10-12-14-16-18-20-22-33(23-21-19-17-15-13-11-2)43-36-28-31(41-44-30(3)38(4,5)45-41)24-26-34(36)35-27-25-32(29-37(35)43)42-46-39(6,7)40(8,9)47-42/h24-29,33H,3,10-23H2,1-2,4-9H3. The van der Waals surface area contributed by atoms with E-state index in [1.165, 1.54) is 112 Å². The first-order valence-corrected chi connectivity index (χ1v) is 18.9. The van der Waals surface area contributed by atoms with Gasteiger partial charge >= 0.3 is 14.2 Å².